The average molecular weight is 324 g/mol. The van der Waals surface area contributed by atoms with Gasteiger partial charge in [0.05, 0.1) is 0 Å². The SMILES string of the molecule is CO[C@H](C)C(=O)NS(=O)(=O)Cc1cc(-c2ccccc2)no1. The van der Waals surface area contributed by atoms with Crippen LogP contribution in [0, 0.1) is 0 Å². The van der Waals surface area contributed by atoms with Gasteiger partial charge in [0.15, 0.2) is 5.76 Å². The number of carbonyl (C=O) groups excluding carboxylic acids is 1. The van der Waals surface area contributed by atoms with Crippen LogP contribution in [0.25, 0.3) is 11.3 Å². The number of hydrogen-bond acceptors (Lipinski definition) is 6. The van der Waals surface area contributed by atoms with Gasteiger partial charge in [0, 0.05) is 18.7 Å². The van der Waals surface area contributed by atoms with Gasteiger partial charge in [-0.05, 0) is 6.92 Å². The molecular formula is C14H16N2O5S. The van der Waals surface area contributed by atoms with Gasteiger partial charge in [-0.3, -0.25) is 9.52 Å². The molecule has 1 heterocycles. The van der Waals surface area contributed by atoms with Crippen LogP contribution in [0.5, 0.6) is 0 Å². The van der Waals surface area contributed by atoms with Crippen molar-refractivity contribution in [1.29, 1.82) is 0 Å². The first-order chi connectivity index (χ1) is 10.4. The summed E-state index contributed by atoms with van der Waals surface area (Å²) in [5, 5.41) is 3.82. The molecule has 0 saturated heterocycles. The zero-order chi connectivity index (χ0) is 16.2. The second kappa shape index (κ2) is 6.71. The van der Waals surface area contributed by atoms with E-state index in [4.69, 9.17) is 9.26 Å². The van der Waals surface area contributed by atoms with E-state index >= 15 is 0 Å². The van der Waals surface area contributed by atoms with E-state index in [0.717, 1.165) is 5.56 Å². The van der Waals surface area contributed by atoms with E-state index in [2.05, 4.69) is 5.16 Å². The molecule has 22 heavy (non-hydrogen) atoms. The molecule has 1 amide bonds. The molecular weight excluding hydrogens is 308 g/mol. The van der Waals surface area contributed by atoms with Crippen molar-refractivity contribution in [2.75, 3.05) is 7.11 Å². The van der Waals surface area contributed by atoms with Crippen molar-refractivity contribution >= 4 is 15.9 Å². The van der Waals surface area contributed by atoms with E-state index in [1.165, 1.54) is 20.1 Å². The van der Waals surface area contributed by atoms with Crippen LogP contribution in [0.1, 0.15) is 12.7 Å². The molecule has 1 aromatic carbocycles. The first-order valence-corrected chi connectivity index (χ1v) is 8.14. The van der Waals surface area contributed by atoms with Crippen LogP contribution in [-0.2, 0) is 25.3 Å². The van der Waals surface area contributed by atoms with Crippen molar-refractivity contribution in [3.8, 4) is 11.3 Å². The lowest BCUT2D eigenvalue weighted by atomic mass is 10.1. The number of methoxy groups -OCH3 is 1. The predicted octanol–water partition coefficient (Wildman–Crippen LogP) is 1.32. The van der Waals surface area contributed by atoms with Gasteiger partial charge in [-0.2, -0.15) is 0 Å². The lowest BCUT2D eigenvalue weighted by molar-refractivity contribution is -0.128. The van der Waals surface area contributed by atoms with Crippen LogP contribution < -0.4 is 4.72 Å². The maximum absolute atomic E-state index is 11.9. The van der Waals surface area contributed by atoms with Crippen molar-refractivity contribution < 1.29 is 22.5 Å². The van der Waals surface area contributed by atoms with E-state index < -0.39 is 27.8 Å². The van der Waals surface area contributed by atoms with Crippen LogP contribution >= 0.6 is 0 Å². The number of aromatic nitrogens is 1. The highest BCUT2D eigenvalue weighted by atomic mass is 32.2. The molecule has 0 bridgehead atoms. The fourth-order valence-electron chi connectivity index (χ4n) is 1.69. The number of carbonyl (C=O) groups is 1. The third-order valence-electron chi connectivity index (χ3n) is 2.94. The minimum absolute atomic E-state index is 0.143. The number of benzene rings is 1. The summed E-state index contributed by atoms with van der Waals surface area (Å²) in [6, 6.07) is 10.7. The largest absolute Gasteiger partial charge is 0.372 e. The molecule has 0 saturated carbocycles. The Morgan fingerprint density at radius 3 is 2.68 bits per heavy atom. The van der Waals surface area contributed by atoms with E-state index in [0.29, 0.717) is 5.69 Å². The maximum atomic E-state index is 11.9. The van der Waals surface area contributed by atoms with Crippen LogP contribution in [0.15, 0.2) is 40.9 Å². The van der Waals surface area contributed by atoms with Crippen LogP contribution in [0.3, 0.4) is 0 Å². The number of rotatable bonds is 6. The molecule has 7 nitrogen and oxygen atoms in total. The Bertz CT molecular complexity index is 740. The molecule has 2 rings (SSSR count). The summed E-state index contributed by atoms with van der Waals surface area (Å²) in [5.41, 5.74) is 1.34. The Labute approximate surface area is 128 Å². The second-order valence-corrected chi connectivity index (χ2v) is 6.37. The summed E-state index contributed by atoms with van der Waals surface area (Å²) in [6.07, 6.45) is -0.857. The normalized spacial score (nSPS) is 12.8. The number of nitrogens with zero attached hydrogens (tertiary/aromatic N) is 1. The van der Waals surface area contributed by atoms with E-state index in [1.807, 2.05) is 35.1 Å². The molecule has 1 aromatic heterocycles. The van der Waals surface area contributed by atoms with Crippen molar-refractivity contribution in [3.05, 3.63) is 42.2 Å². The number of nitrogens with one attached hydrogen (secondary N) is 1. The molecule has 1 N–H and O–H groups in total. The summed E-state index contributed by atoms with van der Waals surface area (Å²) in [4.78, 5) is 11.5. The van der Waals surface area contributed by atoms with Gasteiger partial charge in [-0.25, -0.2) is 8.42 Å². The van der Waals surface area contributed by atoms with E-state index in [-0.39, 0.29) is 5.76 Å². The van der Waals surface area contributed by atoms with Gasteiger partial charge in [0.1, 0.15) is 17.6 Å². The molecule has 0 aliphatic carbocycles. The third kappa shape index (κ3) is 4.15. The monoisotopic (exact) mass is 324 g/mol. The highest BCUT2D eigenvalue weighted by molar-refractivity contribution is 7.89. The van der Waals surface area contributed by atoms with Gasteiger partial charge in [0.25, 0.3) is 5.91 Å². The zero-order valence-electron chi connectivity index (χ0n) is 12.1. The fraction of sp³-hybridized carbons (Fsp3) is 0.286. The van der Waals surface area contributed by atoms with Crippen LogP contribution in [-0.4, -0.2) is 32.7 Å². The van der Waals surface area contributed by atoms with Crippen LogP contribution in [0.2, 0.25) is 0 Å². The quantitative estimate of drug-likeness (QED) is 0.860. The van der Waals surface area contributed by atoms with Crippen molar-refractivity contribution in [1.82, 2.24) is 9.88 Å². The fourth-order valence-corrected chi connectivity index (χ4v) is 2.75. The summed E-state index contributed by atoms with van der Waals surface area (Å²) >= 11 is 0. The molecule has 2 aromatic rings. The standard InChI is InChI=1S/C14H16N2O5S/c1-10(20-2)14(17)16-22(18,19)9-12-8-13(15-21-12)11-6-4-3-5-7-11/h3-8,10H,9H2,1-2H3,(H,16,17)/t10-/m1/s1. The van der Waals surface area contributed by atoms with Gasteiger partial charge in [-0.1, -0.05) is 35.5 Å². The molecule has 118 valence electrons. The minimum atomic E-state index is -3.87. The Hall–Kier alpha value is -2.19. The van der Waals surface area contributed by atoms with E-state index in [9.17, 15) is 13.2 Å². The highest BCUT2D eigenvalue weighted by Gasteiger charge is 2.22. The van der Waals surface area contributed by atoms with Crippen LogP contribution in [0.4, 0.5) is 0 Å². The Balaban J connectivity index is 2.08. The lowest BCUT2D eigenvalue weighted by Gasteiger charge is -2.09. The second-order valence-electron chi connectivity index (χ2n) is 4.65. The van der Waals surface area contributed by atoms with Gasteiger partial charge >= 0.3 is 0 Å². The summed E-state index contributed by atoms with van der Waals surface area (Å²) < 4.78 is 35.5. The summed E-state index contributed by atoms with van der Waals surface area (Å²) in [6.45, 7) is 1.45. The van der Waals surface area contributed by atoms with Gasteiger partial charge in [-0.15, -0.1) is 0 Å². The van der Waals surface area contributed by atoms with Crippen molar-refractivity contribution in [2.45, 2.75) is 18.8 Å². The predicted molar refractivity (Wildman–Crippen MR) is 79.2 cm³/mol. The smallest absolute Gasteiger partial charge is 0.262 e. The summed E-state index contributed by atoms with van der Waals surface area (Å²) in [5.74, 6) is -1.07. The van der Waals surface area contributed by atoms with E-state index in [1.54, 1.807) is 0 Å². The minimum Gasteiger partial charge on any atom is -0.372 e. The highest BCUT2D eigenvalue weighted by Crippen LogP contribution is 2.19. The van der Waals surface area contributed by atoms with Crippen molar-refractivity contribution in [2.24, 2.45) is 0 Å². The first kappa shape index (κ1) is 16.2. The number of hydrogen-bond donors (Lipinski definition) is 1. The Morgan fingerprint density at radius 1 is 1.36 bits per heavy atom. The topological polar surface area (TPSA) is 98.5 Å². The van der Waals surface area contributed by atoms with Gasteiger partial charge in [0.2, 0.25) is 10.0 Å². The molecule has 8 heteroatoms. The molecule has 0 aliphatic rings. The lowest BCUT2D eigenvalue weighted by Crippen LogP contribution is -2.38. The molecule has 1 atom stereocenters. The number of sulfonamides is 1. The number of amides is 1. The Kier molecular flexibility index (Phi) is 4.94. The molecule has 0 radical (unpaired) electrons. The molecule has 0 fully saturated rings. The molecule has 0 unspecified atom stereocenters. The molecule has 0 spiro atoms. The average Bonchev–Trinajstić information content (AvgIpc) is 2.94. The maximum Gasteiger partial charge on any atom is 0.262 e. The third-order valence-corrected chi connectivity index (χ3v) is 4.12. The first-order valence-electron chi connectivity index (χ1n) is 6.49. The van der Waals surface area contributed by atoms with Crippen molar-refractivity contribution in [3.63, 3.8) is 0 Å². The Morgan fingerprint density at radius 2 is 2.05 bits per heavy atom. The number of ether oxygens (including phenoxy) is 1. The summed E-state index contributed by atoms with van der Waals surface area (Å²) in [7, 11) is -2.55. The van der Waals surface area contributed by atoms with Gasteiger partial charge < -0.3 is 9.26 Å². The zero-order valence-corrected chi connectivity index (χ0v) is 13.0. The molecule has 0 aliphatic heterocycles.